The second-order valence-corrected chi connectivity index (χ2v) is 8.65. The summed E-state index contributed by atoms with van der Waals surface area (Å²) in [5.41, 5.74) is 3.17. The van der Waals surface area contributed by atoms with Crippen molar-refractivity contribution in [2.45, 2.75) is 35.8 Å². The smallest absolute Gasteiger partial charge is 0.187 e. The number of aliphatic imine (C=N–C) groups is 1. The number of rotatable bonds is 0. The summed E-state index contributed by atoms with van der Waals surface area (Å²) in [6.07, 6.45) is 4.87. The van der Waals surface area contributed by atoms with Gasteiger partial charge in [-0.1, -0.05) is 0 Å². The van der Waals surface area contributed by atoms with Crippen molar-refractivity contribution in [1.29, 1.82) is 0 Å². The molecule has 2 fully saturated rings. The SMILES string of the molecule is O=C1C=C2S[C@H]3C[C@@]2(c2c(c(O)c4c5c2=NCCC=5C=N4)N3)C2OC12. The number of anilines is 1. The van der Waals surface area contributed by atoms with E-state index in [2.05, 4.69) is 10.3 Å². The van der Waals surface area contributed by atoms with Crippen LogP contribution in [0.2, 0.25) is 0 Å². The molecule has 1 aliphatic carbocycles. The van der Waals surface area contributed by atoms with Crippen molar-refractivity contribution in [2.75, 3.05) is 11.9 Å². The van der Waals surface area contributed by atoms with E-state index in [9.17, 15) is 9.90 Å². The van der Waals surface area contributed by atoms with Gasteiger partial charge in [-0.15, -0.1) is 11.8 Å². The summed E-state index contributed by atoms with van der Waals surface area (Å²) >= 11 is 1.68. The second kappa shape index (κ2) is 3.83. The molecule has 4 atom stereocenters. The number of epoxide rings is 1. The minimum atomic E-state index is -0.356. The zero-order valence-corrected chi connectivity index (χ0v) is 13.9. The molecule has 2 saturated heterocycles. The number of ether oxygens (including phenoxy) is 1. The number of thioether (sulfide) groups is 1. The Morgan fingerprint density at radius 2 is 2.36 bits per heavy atom. The first-order chi connectivity index (χ1) is 12.2. The van der Waals surface area contributed by atoms with Gasteiger partial charge in [0.05, 0.1) is 21.8 Å². The van der Waals surface area contributed by atoms with Gasteiger partial charge in [-0.25, -0.2) is 0 Å². The maximum Gasteiger partial charge on any atom is 0.187 e. The minimum Gasteiger partial charge on any atom is -0.504 e. The van der Waals surface area contributed by atoms with Gasteiger partial charge in [-0.2, -0.15) is 0 Å². The summed E-state index contributed by atoms with van der Waals surface area (Å²) in [7, 11) is 0. The number of nitrogens with one attached hydrogen (secondary N) is 1. The lowest BCUT2D eigenvalue weighted by atomic mass is 9.67. The van der Waals surface area contributed by atoms with Crippen LogP contribution < -0.4 is 15.9 Å². The lowest BCUT2D eigenvalue weighted by Gasteiger charge is -2.36. The van der Waals surface area contributed by atoms with E-state index < -0.39 is 0 Å². The molecule has 2 unspecified atom stereocenters. The number of benzene rings is 1. The van der Waals surface area contributed by atoms with Crippen LogP contribution in [-0.4, -0.2) is 41.2 Å². The Hall–Kier alpha value is -2.12. The number of hydrogen-bond acceptors (Lipinski definition) is 7. The largest absolute Gasteiger partial charge is 0.504 e. The Balaban J connectivity index is 1.68. The highest BCUT2D eigenvalue weighted by Gasteiger charge is 2.68. The Morgan fingerprint density at radius 3 is 3.28 bits per heavy atom. The zero-order chi connectivity index (χ0) is 16.5. The van der Waals surface area contributed by atoms with Crippen LogP contribution in [0.25, 0.3) is 5.57 Å². The first-order valence-electron chi connectivity index (χ1n) is 8.54. The first kappa shape index (κ1) is 13.1. The standard InChI is InChI=1S/C18H13N3O3S/c22-7-3-8-18(17-16(7)24-17)4-9(25-8)21-14-11(18)12-10-6(1-2-19-12)5-20-13(10)15(14)23/h3,5,9,16-17,21,23H,1-2,4H2/t9-,16?,17?,18+/m0/s1. The van der Waals surface area contributed by atoms with Crippen molar-refractivity contribution in [3.8, 4) is 5.75 Å². The summed E-state index contributed by atoms with van der Waals surface area (Å²) in [6.45, 7) is 0.727. The molecule has 2 bridgehead atoms. The second-order valence-electron chi connectivity index (χ2n) is 7.40. The molecule has 5 heterocycles. The van der Waals surface area contributed by atoms with E-state index in [4.69, 9.17) is 9.73 Å². The van der Waals surface area contributed by atoms with Gasteiger partial charge in [0.2, 0.25) is 0 Å². The third-order valence-electron chi connectivity index (χ3n) is 6.24. The molecule has 7 heteroatoms. The van der Waals surface area contributed by atoms with Crippen LogP contribution in [-0.2, 0) is 14.9 Å². The van der Waals surface area contributed by atoms with E-state index in [0.717, 1.165) is 51.7 Å². The van der Waals surface area contributed by atoms with E-state index in [0.29, 0.717) is 5.69 Å². The lowest BCUT2D eigenvalue weighted by Crippen LogP contribution is -2.49. The van der Waals surface area contributed by atoms with Gasteiger partial charge in [-0.3, -0.25) is 14.8 Å². The number of carbonyl (C=O) groups is 1. The molecule has 1 aromatic rings. The van der Waals surface area contributed by atoms with Crippen molar-refractivity contribution in [3.63, 3.8) is 0 Å². The van der Waals surface area contributed by atoms with Crippen molar-refractivity contribution >= 4 is 40.7 Å². The Labute approximate surface area is 146 Å². The molecule has 7 rings (SSSR count). The lowest BCUT2D eigenvalue weighted by molar-refractivity contribution is -0.115. The highest BCUT2D eigenvalue weighted by Crippen LogP contribution is 2.65. The van der Waals surface area contributed by atoms with Crippen LogP contribution in [0.5, 0.6) is 5.75 Å². The maximum absolute atomic E-state index is 12.2. The molecule has 1 spiro atoms. The molecule has 1 aromatic carbocycles. The predicted molar refractivity (Wildman–Crippen MR) is 93.0 cm³/mol. The summed E-state index contributed by atoms with van der Waals surface area (Å²) in [4.78, 5) is 22.6. The van der Waals surface area contributed by atoms with E-state index in [1.165, 1.54) is 0 Å². The van der Waals surface area contributed by atoms with Crippen LogP contribution >= 0.6 is 11.8 Å². The van der Waals surface area contributed by atoms with Gasteiger partial charge in [-0.05, 0) is 24.5 Å². The number of carbonyl (C=O) groups excluding carboxylic acids is 1. The van der Waals surface area contributed by atoms with Gasteiger partial charge >= 0.3 is 0 Å². The molecular formula is C18H13N3O3S. The third kappa shape index (κ3) is 1.29. The minimum absolute atomic E-state index is 0.0683. The van der Waals surface area contributed by atoms with Crippen molar-refractivity contribution in [2.24, 2.45) is 9.98 Å². The molecule has 6 nitrogen and oxygen atoms in total. The quantitative estimate of drug-likeness (QED) is 0.529. The third-order valence-corrected chi connectivity index (χ3v) is 7.55. The number of nitrogens with zero attached hydrogens (tertiary/aromatic N) is 2. The Kier molecular flexibility index (Phi) is 2.01. The van der Waals surface area contributed by atoms with Crippen LogP contribution in [0.4, 0.5) is 11.4 Å². The maximum atomic E-state index is 12.2. The highest BCUT2D eigenvalue weighted by atomic mass is 32.2. The summed E-state index contributed by atoms with van der Waals surface area (Å²) in [5.74, 6) is 0.274. The molecule has 2 N–H and O–H groups in total. The van der Waals surface area contributed by atoms with Crippen LogP contribution in [0, 0.1) is 0 Å². The fourth-order valence-electron chi connectivity index (χ4n) is 5.19. The zero-order valence-electron chi connectivity index (χ0n) is 13.1. The van der Waals surface area contributed by atoms with E-state index >= 15 is 0 Å². The molecular weight excluding hydrogens is 338 g/mol. The van der Waals surface area contributed by atoms with Gasteiger partial charge in [0.15, 0.2) is 11.5 Å². The predicted octanol–water partition coefficient (Wildman–Crippen LogP) is 0.642. The first-order valence-corrected chi connectivity index (χ1v) is 9.42. The van der Waals surface area contributed by atoms with Gasteiger partial charge in [0.25, 0.3) is 0 Å². The number of hydrogen-bond donors (Lipinski definition) is 2. The summed E-state index contributed by atoms with van der Waals surface area (Å²) in [5, 5.41) is 16.5. The molecule has 25 heavy (non-hydrogen) atoms. The highest BCUT2D eigenvalue weighted by molar-refractivity contribution is 8.04. The molecule has 124 valence electrons. The topological polar surface area (TPSA) is 86.6 Å². The fourth-order valence-corrected chi connectivity index (χ4v) is 6.72. The average Bonchev–Trinajstić information content (AvgIpc) is 3.23. The molecule has 0 saturated carbocycles. The van der Waals surface area contributed by atoms with Crippen molar-refractivity contribution < 1.29 is 14.6 Å². The number of aromatic hydroxyl groups is 1. The van der Waals surface area contributed by atoms with Gasteiger partial charge < -0.3 is 15.2 Å². The van der Waals surface area contributed by atoms with Crippen LogP contribution in [0.15, 0.2) is 21.0 Å². The van der Waals surface area contributed by atoms with Gasteiger partial charge in [0, 0.05) is 28.4 Å². The van der Waals surface area contributed by atoms with Crippen LogP contribution in [0.1, 0.15) is 18.4 Å². The normalized spacial score (nSPS) is 37.4. The van der Waals surface area contributed by atoms with Crippen molar-refractivity contribution in [3.05, 3.63) is 27.1 Å². The number of phenols is 1. The average molecular weight is 351 g/mol. The van der Waals surface area contributed by atoms with E-state index in [1.54, 1.807) is 17.8 Å². The fraction of sp³-hybridized carbons (Fsp3) is 0.389. The summed E-state index contributed by atoms with van der Waals surface area (Å²) in [6, 6.07) is 0. The number of phenolic OH excluding ortho intramolecular Hbond substituents is 1. The van der Waals surface area contributed by atoms with E-state index in [-0.39, 0.29) is 34.5 Å². The number of fused-ring (bicyclic) bond motifs is 4. The number of ketones is 1. The Morgan fingerprint density at radius 1 is 1.44 bits per heavy atom. The Bertz CT molecular complexity index is 1120. The molecule has 6 aliphatic rings. The van der Waals surface area contributed by atoms with Crippen LogP contribution in [0.3, 0.4) is 0 Å². The summed E-state index contributed by atoms with van der Waals surface area (Å²) < 4.78 is 5.84. The van der Waals surface area contributed by atoms with E-state index in [1.807, 2.05) is 6.21 Å². The molecule has 0 radical (unpaired) electrons. The van der Waals surface area contributed by atoms with Gasteiger partial charge in [0.1, 0.15) is 17.9 Å². The monoisotopic (exact) mass is 351 g/mol. The molecule has 5 aliphatic heterocycles. The molecule has 0 amide bonds. The van der Waals surface area contributed by atoms with Crippen molar-refractivity contribution in [1.82, 2.24) is 0 Å². The molecule has 0 aromatic heterocycles.